The predicted octanol–water partition coefficient (Wildman–Crippen LogP) is 5.53. The Hall–Kier alpha value is -3.14. The molecule has 0 atom stereocenters. The molecule has 0 aromatic heterocycles. The normalized spacial score (nSPS) is 16.2. The van der Waals surface area contributed by atoms with Crippen molar-refractivity contribution in [3.63, 3.8) is 0 Å². The molecular weight excluding hydrogens is 376 g/mol. The number of aromatic hydroxyl groups is 2. The van der Waals surface area contributed by atoms with Crippen LogP contribution in [-0.4, -0.2) is 21.8 Å². The zero-order valence-corrected chi connectivity index (χ0v) is 17.5. The van der Waals surface area contributed by atoms with Gasteiger partial charge in [-0.2, -0.15) is 0 Å². The van der Waals surface area contributed by atoms with Crippen LogP contribution in [-0.2, 0) is 9.59 Å². The Bertz CT molecular complexity index is 932. The van der Waals surface area contributed by atoms with Gasteiger partial charge in [-0.3, -0.25) is 9.59 Å². The monoisotopic (exact) mass is 404 g/mol. The first-order chi connectivity index (χ1) is 14.3. The van der Waals surface area contributed by atoms with E-state index >= 15 is 0 Å². The van der Waals surface area contributed by atoms with Crippen molar-refractivity contribution in [2.45, 2.75) is 46.0 Å². The maximum Gasteiger partial charge on any atom is 0.169 e. The highest BCUT2D eigenvalue weighted by Crippen LogP contribution is 2.39. The van der Waals surface area contributed by atoms with Gasteiger partial charge in [0.05, 0.1) is 5.41 Å². The van der Waals surface area contributed by atoms with E-state index in [2.05, 4.69) is 0 Å². The number of hydrogen-bond donors (Lipinski definition) is 2. The Balaban J connectivity index is 1.83. The van der Waals surface area contributed by atoms with E-state index in [9.17, 15) is 19.8 Å². The molecule has 4 heteroatoms. The molecule has 0 amide bonds. The number of phenolic OH excluding ortho intramolecular Hbond substituents is 2. The van der Waals surface area contributed by atoms with E-state index in [0.29, 0.717) is 12.8 Å². The summed E-state index contributed by atoms with van der Waals surface area (Å²) in [5.41, 5.74) is 2.09. The molecule has 0 aliphatic heterocycles. The van der Waals surface area contributed by atoms with Gasteiger partial charge in [-0.15, -0.1) is 0 Å². The van der Waals surface area contributed by atoms with E-state index < -0.39 is 5.41 Å². The van der Waals surface area contributed by atoms with Crippen molar-refractivity contribution in [3.8, 4) is 11.5 Å². The van der Waals surface area contributed by atoms with Crippen molar-refractivity contribution in [3.05, 3.63) is 70.8 Å². The van der Waals surface area contributed by atoms with Crippen molar-refractivity contribution in [2.24, 2.45) is 5.41 Å². The standard InChI is InChI=1S/C26H28O4/c1-18-16-20(6-10-22(18)27)8-12-24(29)26(14-4-3-5-15-26)25(30)13-9-21-7-11-23(28)19(2)17-21/h6-13,16-17,27-28H,3-5,14-15H2,1-2H3/b12-8+,13-9+. The SMILES string of the molecule is Cc1cc(/C=C/C(=O)C2(C(=O)/C=C/c3ccc(O)c(C)c3)CCCCC2)ccc1O. The third-order valence-electron chi connectivity index (χ3n) is 5.95. The summed E-state index contributed by atoms with van der Waals surface area (Å²) in [5, 5.41) is 19.3. The second-order valence-electron chi connectivity index (χ2n) is 8.13. The molecule has 0 saturated heterocycles. The number of phenols is 2. The van der Waals surface area contributed by atoms with Gasteiger partial charge in [0, 0.05) is 0 Å². The molecule has 156 valence electrons. The van der Waals surface area contributed by atoms with Gasteiger partial charge in [-0.1, -0.05) is 43.5 Å². The fraction of sp³-hybridized carbons (Fsp3) is 0.308. The summed E-state index contributed by atoms with van der Waals surface area (Å²) in [6.07, 6.45) is 10.3. The van der Waals surface area contributed by atoms with Crippen LogP contribution in [0.5, 0.6) is 11.5 Å². The second-order valence-corrected chi connectivity index (χ2v) is 8.13. The first kappa shape index (κ1) is 21.6. The zero-order valence-electron chi connectivity index (χ0n) is 17.5. The van der Waals surface area contributed by atoms with Crippen molar-refractivity contribution in [1.29, 1.82) is 0 Å². The molecule has 3 rings (SSSR count). The Morgan fingerprint density at radius 1 is 0.767 bits per heavy atom. The largest absolute Gasteiger partial charge is 0.508 e. The molecule has 2 aromatic rings. The van der Waals surface area contributed by atoms with Gasteiger partial charge in [-0.25, -0.2) is 0 Å². The van der Waals surface area contributed by atoms with E-state index in [1.807, 2.05) is 12.1 Å². The fourth-order valence-electron chi connectivity index (χ4n) is 4.00. The summed E-state index contributed by atoms with van der Waals surface area (Å²) in [6.45, 7) is 3.60. The molecule has 1 aliphatic rings. The van der Waals surface area contributed by atoms with Gasteiger partial charge in [0.15, 0.2) is 11.6 Å². The Morgan fingerprint density at radius 2 is 1.20 bits per heavy atom. The summed E-state index contributed by atoms with van der Waals surface area (Å²) in [4.78, 5) is 26.3. The number of aryl methyl sites for hydroxylation is 2. The van der Waals surface area contributed by atoms with Crippen LogP contribution >= 0.6 is 0 Å². The van der Waals surface area contributed by atoms with Crippen LogP contribution in [0, 0.1) is 19.3 Å². The number of carbonyl (C=O) groups excluding carboxylic acids is 2. The van der Waals surface area contributed by atoms with E-state index in [0.717, 1.165) is 41.5 Å². The van der Waals surface area contributed by atoms with E-state index in [1.54, 1.807) is 50.3 Å². The Kier molecular flexibility index (Phi) is 6.56. The summed E-state index contributed by atoms with van der Waals surface area (Å²) in [7, 11) is 0. The molecule has 0 unspecified atom stereocenters. The molecule has 30 heavy (non-hydrogen) atoms. The molecule has 1 saturated carbocycles. The lowest BCUT2D eigenvalue weighted by atomic mass is 9.68. The molecular formula is C26H28O4. The van der Waals surface area contributed by atoms with Crippen LogP contribution in [0.15, 0.2) is 48.6 Å². The maximum absolute atomic E-state index is 13.2. The number of rotatable bonds is 6. The minimum Gasteiger partial charge on any atom is -0.508 e. The lowest BCUT2D eigenvalue weighted by Gasteiger charge is -2.32. The third kappa shape index (κ3) is 4.70. The van der Waals surface area contributed by atoms with Crippen LogP contribution in [0.2, 0.25) is 0 Å². The minimum absolute atomic E-state index is 0.163. The van der Waals surface area contributed by atoms with Gasteiger partial charge in [0.1, 0.15) is 11.5 Å². The fourth-order valence-corrected chi connectivity index (χ4v) is 4.00. The molecule has 2 aromatic carbocycles. The third-order valence-corrected chi connectivity index (χ3v) is 5.95. The van der Waals surface area contributed by atoms with Crippen molar-refractivity contribution in [1.82, 2.24) is 0 Å². The molecule has 0 spiro atoms. The van der Waals surface area contributed by atoms with Gasteiger partial charge < -0.3 is 10.2 Å². The topological polar surface area (TPSA) is 74.6 Å². The molecule has 0 heterocycles. The van der Waals surface area contributed by atoms with Gasteiger partial charge in [0.25, 0.3) is 0 Å². The Morgan fingerprint density at radius 3 is 1.60 bits per heavy atom. The molecule has 4 nitrogen and oxygen atoms in total. The number of carbonyl (C=O) groups is 2. The summed E-state index contributed by atoms with van der Waals surface area (Å²) in [6, 6.07) is 10.3. The Labute approximate surface area is 177 Å². The number of hydrogen-bond acceptors (Lipinski definition) is 4. The van der Waals surface area contributed by atoms with Gasteiger partial charge in [0.2, 0.25) is 0 Å². The minimum atomic E-state index is -1.01. The smallest absolute Gasteiger partial charge is 0.169 e. The van der Waals surface area contributed by atoms with Crippen LogP contribution in [0.4, 0.5) is 0 Å². The summed E-state index contributed by atoms with van der Waals surface area (Å²) >= 11 is 0. The average Bonchev–Trinajstić information content (AvgIpc) is 2.75. The van der Waals surface area contributed by atoms with E-state index in [4.69, 9.17) is 0 Å². The lowest BCUT2D eigenvalue weighted by molar-refractivity contribution is -0.137. The van der Waals surface area contributed by atoms with Crippen molar-refractivity contribution >= 4 is 23.7 Å². The highest BCUT2D eigenvalue weighted by Gasteiger charge is 2.43. The molecule has 1 fully saturated rings. The van der Waals surface area contributed by atoms with Crippen molar-refractivity contribution < 1.29 is 19.8 Å². The van der Waals surface area contributed by atoms with Gasteiger partial charge in [-0.05, 0) is 85.4 Å². The first-order valence-electron chi connectivity index (χ1n) is 10.4. The number of benzene rings is 2. The molecule has 1 aliphatic carbocycles. The predicted molar refractivity (Wildman–Crippen MR) is 119 cm³/mol. The van der Waals surface area contributed by atoms with Crippen molar-refractivity contribution in [2.75, 3.05) is 0 Å². The maximum atomic E-state index is 13.2. The lowest BCUT2D eigenvalue weighted by Crippen LogP contribution is -2.39. The second kappa shape index (κ2) is 9.12. The quantitative estimate of drug-likeness (QED) is 0.490. The highest BCUT2D eigenvalue weighted by molar-refractivity contribution is 6.17. The van der Waals surface area contributed by atoms with Crippen LogP contribution < -0.4 is 0 Å². The first-order valence-corrected chi connectivity index (χ1v) is 10.4. The van der Waals surface area contributed by atoms with E-state index in [1.165, 1.54) is 12.2 Å². The van der Waals surface area contributed by atoms with Crippen LogP contribution in [0.25, 0.3) is 12.2 Å². The molecule has 2 N–H and O–H groups in total. The average molecular weight is 405 g/mol. The molecule has 0 radical (unpaired) electrons. The van der Waals surface area contributed by atoms with E-state index in [-0.39, 0.29) is 23.1 Å². The highest BCUT2D eigenvalue weighted by atomic mass is 16.3. The zero-order chi connectivity index (χ0) is 21.7. The molecule has 0 bridgehead atoms. The van der Waals surface area contributed by atoms with Crippen LogP contribution in [0.1, 0.15) is 54.4 Å². The number of ketones is 2. The summed E-state index contributed by atoms with van der Waals surface area (Å²) < 4.78 is 0. The number of allylic oxidation sites excluding steroid dienone is 2. The van der Waals surface area contributed by atoms with Gasteiger partial charge >= 0.3 is 0 Å². The van der Waals surface area contributed by atoms with Crippen LogP contribution in [0.3, 0.4) is 0 Å². The summed E-state index contributed by atoms with van der Waals surface area (Å²) in [5.74, 6) is 0.105.